The Labute approximate surface area is 134 Å². The molecule has 1 aromatic heterocycles. The van der Waals surface area contributed by atoms with E-state index in [1.165, 1.54) is 18.4 Å². The molecule has 1 aromatic carbocycles. The highest BCUT2D eigenvalue weighted by atomic mass is 32.2. The number of hydrogen-bond acceptors (Lipinski definition) is 8. The van der Waals surface area contributed by atoms with Gasteiger partial charge in [0.1, 0.15) is 5.75 Å². The molecule has 2 aromatic rings. The summed E-state index contributed by atoms with van der Waals surface area (Å²) < 4.78 is 33.5. The van der Waals surface area contributed by atoms with Crippen molar-refractivity contribution in [3.63, 3.8) is 0 Å². The summed E-state index contributed by atoms with van der Waals surface area (Å²) in [6.45, 7) is 3.61. The van der Waals surface area contributed by atoms with Gasteiger partial charge in [0.25, 0.3) is 11.8 Å². The molecule has 1 saturated heterocycles. The van der Waals surface area contributed by atoms with Gasteiger partial charge in [0.05, 0.1) is 4.90 Å². The average molecular weight is 338 g/mol. The molecular formula is C14H18N4O4S. The van der Waals surface area contributed by atoms with Gasteiger partial charge < -0.3 is 19.5 Å². The second-order valence-corrected chi connectivity index (χ2v) is 7.27. The lowest BCUT2D eigenvalue weighted by Crippen LogP contribution is -2.44. The molecule has 9 heteroatoms. The minimum atomic E-state index is -3.20. The van der Waals surface area contributed by atoms with Gasteiger partial charge in [-0.25, -0.2) is 8.42 Å². The first-order valence-electron chi connectivity index (χ1n) is 7.23. The van der Waals surface area contributed by atoms with Crippen LogP contribution in [0.4, 0.5) is 5.95 Å². The molecule has 0 aliphatic carbocycles. The Bertz CT molecular complexity index is 751. The van der Waals surface area contributed by atoms with Crippen molar-refractivity contribution < 1.29 is 17.7 Å². The zero-order valence-corrected chi connectivity index (χ0v) is 13.5. The first kappa shape index (κ1) is 15.8. The lowest BCUT2D eigenvalue weighted by atomic mass is 10.3. The Hall–Kier alpha value is -2.13. The first-order valence-corrected chi connectivity index (χ1v) is 9.13. The van der Waals surface area contributed by atoms with Gasteiger partial charge >= 0.3 is 0 Å². The van der Waals surface area contributed by atoms with Crippen LogP contribution in [-0.4, -0.2) is 51.0 Å². The van der Waals surface area contributed by atoms with Gasteiger partial charge in [-0.05, 0) is 29.4 Å². The molecule has 0 atom stereocenters. The number of rotatable bonds is 5. The van der Waals surface area contributed by atoms with Crippen molar-refractivity contribution in [1.29, 1.82) is 0 Å². The average Bonchev–Trinajstić information content (AvgIpc) is 3.02. The van der Waals surface area contributed by atoms with Gasteiger partial charge in [-0.3, -0.25) is 0 Å². The van der Waals surface area contributed by atoms with E-state index in [1.54, 1.807) is 12.1 Å². The lowest BCUT2D eigenvalue weighted by Gasteiger charge is -2.25. The van der Waals surface area contributed by atoms with Crippen LogP contribution in [0.2, 0.25) is 0 Å². The van der Waals surface area contributed by atoms with Crippen LogP contribution in [0, 0.1) is 0 Å². The predicted octanol–water partition coefficient (Wildman–Crippen LogP) is 0.462. The third-order valence-corrected chi connectivity index (χ3v) is 4.60. The van der Waals surface area contributed by atoms with E-state index in [1.807, 2.05) is 4.90 Å². The number of hydrogen-bond donors (Lipinski definition) is 1. The van der Waals surface area contributed by atoms with Crippen LogP contribution in [0.3, 0.4) is 0 Å². The fourth-order valence-corrected chi connectivity index (χ4v) is 2.86. The molecule has 0 amide bonds. The van der Waals surface area contributed by atoms with Gasteiger partial charge in [0.15, 0.2) is 16.4 Å². The monoisotopic (exact) mass is 338 g/mol. The molecule has 0 bridgehead atoms. The molecule has 0 radical (unpaired) electrons. The smallest absolute Gasteiger partial charge is 0.266 e. The van der Waals surface area contributed by atoms with Crippen LogP contribution in [0.15, 0.2) is 33.7 Å². The van der Waals surface area contributed by atoms with Gasteiger partial charge in [-0.2, -0.15) is 4.98 Å². The maximum atomic E-state index is 11.4. The number of nitrogens with one attached hydrogen (secondary N) is 1. The largest absolute Gasteiger partial charge is 0.484 e. The van der Waals surface area contributed by atoms with E-state index in [9.17, 15) is 8.42 Å². The predicted molar refractivity (Wildman–Crippen MR) is 83.3 cm³/mol. The fourth-order valence-electron chi connectivity index (χ4n) is 2.23. The summed E-state index contributed by atoms with van der Waals surface area (Å²) in [7, 11) is -3.20. The maximum Gasteiger partial charge on any atom is 0.266 e. The standard InChI is InChI=1S/C14H18N4O4S/c1-23(19,20)12-4-2-11(3-5-12)21-10-13-16-14(17-22-13)18-8-6-15-7-9-18/h2-5,15H,6-10H2,1H3. The molecule has 0 unspecified atom stereocenters. The topological polar surface area (TPSA) is 97.6 Å². The highest BCUT2D eigenvalue weighted by molar-refractivity contribution is 7.90. The molecule has 8 nitrogen and oxygen atoms in total. The highest BCUT2D eigenvalue weighted by Crippen LogP contribution is 2.17. The number of sulfone groups is 1. The highest BCUT2D eigenvalue weighted by Gasteiger charge is 2.16. The summed E-state index contributed by atoms with van der Waals surface area (Å²) in [6.07, 6.45) is 1.17. The summed E-state index contributed by atoms with van der Waals surface area (Å²) in [5.74, 6) is 1.49. The minimum Gasteiger partial charge on any atom is -0.484 e. The molecular weight excluding hydrogens is 320 g/mol. The molecule has 0 saturated carbocycles. The van der Waals surface area contributed by atoms with Crippen LogP contribution < -0.4 is 15.0 Å². The van der Waals surface area contributed by atoms with E-state index in [-0.39, 0.29) is 11.5 Å². The maximum absolute atomic E-state index is 11.4. The van der Waals surface area contributed by atoms with Crippen molar-refractivity contribution >= 4 is 15.8 Å². The summed E-state index contributed by atoms with van der Waals surface area (Å²) >= 11 is 0. The van der Waals surface area contributed by atoms with Crippen molar-refractivity contribution in [1.82, 2.24) is 15.5 Å². The third kappa shape index (κ3) is 3.99. The Balaban J connectivity index is 1.59. The number of nitrogens with zero attached hydrogens (tertiary/aromatic N) is 3. The van der Waals surface area contributed by atoms with E-state index < -0.39 is 9.84 Å². The molecule has 1 aliphatic rings. The van der Waals surface area contributed by atoms with Crippen LogP contribution >= 0.6 is 0 Å². The molecule has 3 rings (SSSR count). The van der Waals surface area contributed by atoms with E-state index in [4.69, 9.17) is 9.26 Å². The quantitative estimate of drug-likeness (QED) is 0.840. The van der Waals surface area contributed by atoms with E-state index in [2.05, 4.69) is 15.5 Å². The molecule has 1 fully saturated rings. The van der Waals surface area contributed by atoms with Crippen molar-refractivity contribution in [2.75, 3.05) is 37.3 Å². The normalized spacial score (nSPS) is 15.6. The van der Waals surface area contributed by atoms with Crippen molar-refractivity contribution in [2.24, 2.45) is 0 Å². The Kier molecular flexibility index (Phi) is 4.49. The summed E-state index contributed by atoms with van der Waals surface area (Å²) in [4.78, 5) is 6.60. The zero-order chi connectivity index (χ0) is 16.3. The van der Waals surface area contributed by atoms with Crippen LogP contribution in [0.1, 0.15) is 5.89 Å². The molecule has 2 heterocycles. The summed E-state index contributed by atoms with van der Waals surface area (Å²) in [5, 5.41) is 7.21. The Morgan fingerprint density at radius 2 is 1.96 bits per heavy atom. The number of piperazine rings is 1. The lowest BCUT2D eigenvalue weighted by molar-refractivity contribution is 0.242. The minimum absolute atomic E-state index is 0.136. The summed E-state index contributed by atoms with van der Waals surface area (Å²) in [5.41, 5.74) is 0. The summed E-state index contributed by atoms with van der Waals surface area (Å²) in [6, 6.07) is 6.21. The van der Waals surface area contributed by atoms with E-state index >= 15 is 0 Å². The fraction of sp³-hybridized carbons (Fsp3) is 0.429. The SMILES string of the molecule is CS(=O)(=O)c1ccc(OCc2nc(N3CCNCC3)no2)cc1. The van der Waals surface area contributed by atoms with Gasteiger partial charge in [-0.15, -0.1) is 0 Å². The number of aromatic nitrogens is 2. The number of benzene rings is 1. The zero-order valence-electron chi connectivity index (χ0n) is 12.7. The Morgan fingerprint density at radius 1 is 1.26 bits per heavy atom. The molecule has 1 N–H and O–H groups in total. The van der Waals surface area contributed by atoms with Crippen LogP contribution in [0.5, 0.6) is 5.75 Å². The van der Waals surface area contributed by atoms with Gasteiger partial charge in [0, 0.05) is 32.4 Å². The molecule has 124 valence electrons. The van der Waals surface area contributed by atoms with Gasteiger partial charge in [0.2, 0.25) is 0 Å². The molecule has 23 heavy (non-hydrogen) atoms. The molecule has 1 aliphatic heterocycles. The third-order valence-electron chi connectivity index (χ3n) is 3.47. The van der Waals surface area contributed by atoms with Crippen molar-refractivity contribution in [2.45, 2.75) is 11.5 Å². The molecule has 0 spiro atoms. The van der Waals surface area contributed by atoms with Gasteiger partial charge in [-0.1, -0.05) is 0 Å². The van der Waals surface area contributed by atoms with Crippen molar-refractivity contribution in [3.8, 4) is 5.75 Å². The van der Waals surface area contributed by atoms with E-state index in [0.29, 0.717) is 17.6 Å². The number of anilines is 1. The van der Waals surface area contributed by atoms with E-state index in [0.717, 1.165) is 26.2 Å². The second kappa shape index (κ2) is 6.55. The Morgan fingerprint density at radius 3 is 2.61 bits per heavy atom. The van der Waals surface area contributed by atoms with Crippen molar-refractivity contribution in [3.05, 3.63) is 30.2 Å². The second-order valence-electron chi connectivity index (χ2n) is 5.26. The van der Waals surface area contributed by atoms with Crippen LogP contribution in [-0.2, 0) is 16.4 Å². The first-order chi connectivity index (χ1) is 11.0. The number of ether oxygens (including phenoxy) is 1. The van der Waals surface area contributed by atoms with Crippen LogP contribution in [0.25, 0.3) is 0 Å².